The Morgan fingerprint density at radius 3 is 3.00 bits per heavy atom. The van der Waals surface area contributed by atoms with Crippen LogP contribution in [0, 0.1) is 4.77 Å². The zero-order chi connectivity index (χ0) is 10.8. The third-order valence-electron chi connectivity index (χ3n) is 2.57. The number of benzene rings is 1. The predicted molar refractivity (Wildman–Crippen MR) is 66.6 cm³/mol. The SMILES string of the molecule is C=CCC(C)n1c(=S)[nH]c2ccccc21. The highest BCUT2D eigenvalue weighted by Gasteiger charge is 2.08. The average molecular weight is 218 g/mol. The summed E-state index contributed by atoms with van der Waals surface area (Å²) in [6.45, 7) is 5.91. The van der Waals surface area contributed by atoms with E-state index in [1.807, 2.05) is 24.3 Å². The van der Waals surface area contributed by atoms with Crippen molar-refractivity contribution in [1.29, 1.82) is 0 Å². The van der Waals surface area contributed by atoms with Crippen LogP contribution in [0.25, 0.3) is 11.0 Å². The van der Waals surface area contributed by atoms with Gasteiger partial charge in [0.25, 0.3) is 0 Å². The molecule has 2 rings (SSSR count). The number of nitrogens with one attached hydrogen (secondary N) is 1. The monoisotopic (exact) mass is 218 g/mol. The number of hydrogen-bond acceptors (Lipinski definition) is 1. The lowest BCUT2D eigenvalue weighted by atomic mass is 10.2. The topological polar surface area (TPSA) is 20.7 Å². The fourth-order valence-electron chi connectivity index (χ4n) is 1.86. The molecule has 1 heterocycles. The lowest BCUT2D eigenvalue weighted by Crippen LogP contribution is -2.03. The first-order valence-corrected chi connectivity index (χ1v) is 5.45. The van der Waals surface area contributed by atoms with Crippen LogP contribution < -0.4 is 0 Å². The Hall–Kier alpha value is -1.35. The first-order valence-electron chi connectivity index (χ1n) is 5.04. The van der Waals surface area contributed by atoms with Crippen LogP contribution in [0.3, 0.4) is 0 Å². The van der Waals surface area contributed by atoms with Crippen LogP contribution in [0.15, 0.2) is 36.9 Å². The predicted octanol–water partition coefficient (Wildman–Crippen LogP) is 3.84. The molecular weight excluding hydrogens is 204 g/mol. The maximum atomic E-state index is 5.32. The molecule has 3 heteroatoms. The molecule has 0 bridgehead atoms. The van der Waals surface area contributed by atoms with E-state index < -0.39 is 0 Å². The Labute approximate surface area is 94.2 Å². The van der Waals surface area contributed by atoms with Gasteiger partial charge in [0.05, 0.1) is 11.0 Å². The number of allylic oxidation sites excluding steroid dienone is 1. The summed E-state index contributed by atoms with van der Waals surface area (Å²) in [6.07, 6.45) is 2.85. The molecule has 2 aromatic rings. The van der Waals surface area contributed by atoms with E-state index in [4.69, 9.17) is 12.2 Å². The van der Waals surface area contributed by atoms with Crippen molar-refractivity contribution >= 4 is 23.3 Å². The van der Waals surface area contributed by atoms with E-state index >= 15 is 0 Å². The van der Waals surface area contributed by atoms with Crippen LogP contribution in [0.2, 0.25) is 0 Å². The molecule has 0 aliphatic carbocycles. The highest BCUT2D eigenvalue weighted by molar-refractivity contribution is 7.71. The summed E-state index contributed by atoms with van der Waals surface area (Å²) in [7, 11) is 0. The Morgan fingerprint density at radius 1 is 1.53 bits per heavy atom. The van der Waals surface area contributed by atoms with Crippen molar-refractivity contribution in [2.75, 3.05) is 0 Å². The van der Waals surface area contributed by atoms with Crippen molar-refractivity contribution in [2.24, 2.45) is 0 Å². The van der Waals surface area contributed by atoms with Crippen molar-refractivity contribution in [3.05, 3.63) is 41.7 Å². The first-order chi connectivity index (χ1) is 7.24. The quantitative estimate of drug-likeness (QED) is 0.613. The summed E-state index contributed by atoms with van der Waals surface area (Å²) in [6, 6.07) is 8.52. The number of imidazole rings is 1. The third kappa shape index (κ3) is 1.75. The molecule has 0 amide bonds. The molecule has 15 heavy (non-hydrogen) atoms. The van der Waals surface area contributed by atoms with E-state index in [0.29, 0.717) is 6.04 Å². The number of para-hydroxylation sites is 2. The molecule has 0 spiro atoms. The maximum absolute atomic E-state index is 5.32. The first kappa shape index (κ1) is 10.2. The molecule has 0 radical (unpaired) electrons. The fourth-order valence-corrected chi connectivity index (χ4v) is 2.25. The van der Waals surface area contributed by atoms with E-state index in [1.54, 1.807) is 0 Å². The molecular formula is C12H14N2S. The van der Waals surface area contributed by atoms with E-state index in [1.165, 1.54) is 0 Å². The highest BCUT2D eigenvalue weighted by atomic mass is 32.1. The van der Waals surface area contributed by atoms with Crippen molar-refractivity contribution in [3.8, 4) is 0 Å². The van der Waals surface area contributed by atoms with Gasteiger partial charge in [-0.3, -0.25) is 0 Å². The van der Waals surface area contributed by atoms with Gasteiger partial charge >= 0.3 is 0 Å². The zero-order valence-electron chi connectivity index (χ0n) is 8.73. The maximum Gasteiger partial charge on any atom is 0.178 e. The standard InChI is InChI=1S/C12H14N2S/c1-3-6-9(2)14-11-8-5-4-7-10(11)13-12(14)15/h3-5,7-9H,1,6H2,2H3,(H,13,15). The molecule has 1 unspecified atom stereocenters. The number of fused-ring (bicyclic) bond motifs is 1. The number of H-pyrrole nitrogens is 1. The van der Waals surface area contributed by atoms with Crippen LogP contribution in [0.5, 0.6) is 0 Å². The summed E-state index contributed by atoms with van der Waals surface area (Å²) in [5.41, 5.74) is 2.26. The number of nitrogens with zero attached hydrogens (tertiary/aromatic N) is 1. The molecule has 0 saturated carbocycles. The Morgan fingerprint density at radius 2 is 2.27 bits per heavy atom. The van der Waals surface area contributed by atoms with Gasteiger partial charge in [0.15, 0.2) is 4.77 Å². The van der Waals surface area contributed by atoms with Crippen LogP contribution in [0.1, 0.15) is 19.4 Å². The van der Waals surface area contributed by atoms with Crippen molar-refractivity contribution in [2.45, 2.75) is 19.4 Å². The minimum absolute atomic E-state index is 0.353. The van der Waals surface area contributed by atoms with Gasteiger partial charge in [-0.25, -0.2) is 0 Å². The summed E-state index contributed by atoms with van der Waals surface area (Å²) >= 11 is 5.32. The zero-order valence-corrected chi connectivity index (χ0v) is 9.55. The fraction of sp³-hybridized carbons (Fsp3) is 0.250. The van der Waals surface area contributed by atoms with Crippen LogP contribution in [0.4, 0.5) is 0 Å². The Bertz CT molecular complexity index is 536. The largest absolute Gasteiger partial charge is 0.331 e. The summed E-state index contributed by atoms with van der Waals surface area (Å²) in [4.78, 5) is 3.21. The Balaban J connectivity index is 2.63. The van der Waals surface area contributed by atoms with Gasteiger partial charge < -0.3 is 9.55 Å². The summed E-state index contributed by atoms with van der Waals surface area (Å²) in [5, 5.41) is 0. The summed E-state index contributed by atoms with van der Waals surface area (Å²) in [5.74, 6) is 0. The van der Waals surface area contributed by atoms with E-state index in [9.17, 15) is 0 Å². The van der Waals surface area contributed by atoms with E-state index in [2.05, 4.69) is 29.1 Å². The second kappa shape index (κ2) is 4.03. The smallest absolute Gasteiger partial charge is 0.178 e. The molecule has 0 fully saturated rings. The molecule has 0 aliphatic heterocycles. The second-order valence-corrected chi connectivity index (χ2v) is 4.08. The third-order valence-corrected chi connectivity index (χ3v) is 2.87. The van der Waals surface area contributed by atoms with Gasteiger partial charge in [-0.15, -0.1) is 6.58 Å². The molecule has 0 aliphatic rings. The van der Waals surface area contributed by atoms with Gasteiger partial charge in [-0.05, 0) is 37.7 Å². The average Bonchev–Trinajstić information content (AvgIpc) is 2.54. The molecule has 2 nitrogen and oxygen atoms in total. The van der Waals surface area contributed by atoms with Crippen molar-refractivity contribution < 1.29 is 0 Å². The number of aromatic nitrogens is 2. The van der Waals surface area contributed by atoms with Gasteiger partial charge in [0.2, 0.25) is 0 Å². The van der Waals surface area contributed by atoms with Gasteiger partial charge in [0.1, 0.15) is 0 Å². The number of aromatic amines is 1. The second-order valence-electron chi connectivity index (χ2n) is 3.69. The normalized spacial score (nSPS) is 12.9. The molecule has 1 atom stereocenters. The van der Waals surface area contributed by atoms with Crippen molar-refractivity contribution in [3.63, 3.8) is 0 Å². The number of hydrogen-bond donors (Lipinski definition) is 1. The molecule has 0 saturated heterocycles. The van der Waals surface area contributed by atoms with Gasteiger partial charge in [-0.1, -0.05) is 18.2 Å². The molecule has 1 N–H and O–H groups in total. The summed E-state index contributed by atoms with van der Waals surface area (Å²) < 4.78 is 2.93. The van der Waals surface area contributed by atoms with E-state index in [0.717, 1.165) is 22.2 Å². The molecule has 1 aromatic heterocycles. The van der Waals surface area contributed by atoms with Crippen LogP contribution >= 0.6 is 12.2 Å². The van der Waals surface area contributed by atoms with E-state index in [-0.39, 0.29) is 0 Å². The lowest BCUT2D eigenvalue weighted by molar-refractivity contribution is 0.564. The van der Waals surface area contributed by atoms with Crippen LogP contribution in [-0.2, 0) is 0 Å². The van der Waals surface area contributed by atoms with Crippen molar-refractivity contribution in [1.82, 2.24) is 9.55 Å². The Kier molecular flexibility index (Phi) is 2.73. The molecule has 1 aromatic carbocycles. The minimum atomic E-state index is 0.353. The van der Waals surface area contributed by atoms with Crippen LogP contribution in [-0.4, -0.2) is 9.55 Å². The number of rotatable bonds is 3. The minimum Gasteiger partial charge on any atom is -0.331 e. The van der Waals surface area contributed by atoms with Gasteiger partial charge in [0, 0.05) is 6.04 Å². The van der Waals surface area contributed by atoms with Gasteiger partial charge in [-0.2, -0.15) is 0 Å². The lowest BCUT2D eigenvalue weighted by Gasteiger charge is -2.11. The molecule has 78 valence electrons. The highest BCUT2D eigenvalue weighted by Crippen LogP contribution is 2.20.